The number of hydrogen-bond acceptors (Lipinski definition) is 3. The van der Waals surface area contributed by atoms with Crippen LogP contribution in [-0.2, 0) is 6.18 Å². The first-order chi connectivity index (χ1) is 7.38. The minimum atomic E-state index is -4.54. The summed E-state index contributed by atoms with van der Waals surface area (Å²) in [6.45, 7) is 3.77. The normalized spacial score (nSPS) is 12.6. The Morgan fingerprint density at radius 3 is 2.50 bits per heavy atom. The highest BCUT2D eigenvalue weighted by Gasteiger charge is 2.35. The summed E-state index contributed by atoms with van der Waals surface area (Å²) in [5, 5.41) is 0. The number of aromatic amines is 1. The second kappa shape index (κ2) is 3.43. The molecule has 0 aliphatic rings. The first kappa shape index (κ1) is 10.8. The van der Waals surface area contributed by atoms with Crippen LogP contribution in [0.5, 0.6) is 0 Å². The number of hydrogen-bond donors (Lipinski definition) is 1. The zero-order chi connectivity index (χ0) is 11.9. The number of alkyl halides is 3. The second-order valence-electron chi connectivity index (χ2n) is 3.71. The van der Waals surface area contributed by atoms with Crippen LogP contribution in [0.4, 0.5) is 13.2 Å². The molecule has 2 aromatic heterocycles. The van der Waals surface area contributed by atoms with Crippen molar-refractivity contribution >= 4 is 11.2 Å². The molecule has 2 heterocycles. The third-order valence-electron chi connectivity index (χ3n) is 2.06. The lowest BCUT2D eigenvalue weighted by molar-refractivity contribution is -0.144. The standard InChI is InChI=1S/C9H9F3N4/c1-4(2)6-14-5-3-13-8(9(10,11)12)16-7(5)15-6/h3-4H,1-2H3,(H,13,14,15,16). The van der Waals surface area contributed by atoms with Crippen molar-refractivity contribution in [1.29, 1.82) is 0 Å². The van der Waals surface area contributed by atoms with E-state index in [9.17, 15) is 13.2 Å². The molecule has 0 aliphatic carbocycles. The number of H-pyrrole nitrogens is 1. The van der Waals surface area contributed by atoms with E-state index in [0.29, 0.717) is 11.3 Å². The molecule has 2 rings (SSSR count). The summed E-state index contributed by atoms with van der Waals surface area (Å²) in [4.78, 5) is 13.5. The Balaban J connectivity index is 2.54. The summed E-state index contributed by atoms with van der Waals surface area (Å²) in [5.41, 5.74) is 0.461. The van der Waals surface area contributed by atoms with Crippen LogP contribution in [0.2, 0.25) is 0 Å². The molecule has 86 valence electrons. The topological polar surface area (TPSA) is 54.5 Å². The molecule has 0 aliphatic heterocycles. The van der Waals surface area contributed by atoms with Gasteiger partial charge in [-0.1, -0.05) is 13.8 Å². The lowest BCUT2D eigenvalue weighted by Crippen LogP contribution is -2.10. The molecule has 0 spiro atoms. The summed E-state index contributed by atoms with van der Waals surface area (Å²) < 4.78 is 37.0. The highest BCUT2D eigenvalue weighted by molar-refractivity contribution is 5.69. The van der Waals surface area contributed by atoms with E-state index in [-0.39, 0.29) is 11.6 Å². The maximum Gasteiger partial charge on any atom is 0.451 e. The SMILES string of the molecule is CC(C)c1nc2nc(C(F)(F)F)ncc2[nH]1. The first-order valence-electron chi connectivity index (χ1n) is 4.68. The summed E-state index contributed by atoms with van der Waals surface area (Å²) >= 11 is 0. The predicted octanol–water partition coefficient (Wildman–Crippen LogP) is 2.50. The van der Waals surface area contributed by atoms with Crippen LogP contribution < -0.4 is 0 Å². The van der Waals surface area contributed by atoms with Gasteiger partial charge in [0.1, 0.15) is 11.3 Å². The lowest BCUT2D eigenvalue weighted by atomic mass is 10.2. The van der Waals surface area contributed by atoms with Crippen LogP contribution in [0.1, 0.15) is 31.4 Å². The van der Waals surface area contributed by atoms with Gasteiger partial charge in [0.2, 0.25) is 5.82 Å². The summed E-state index contributed by atoms with van der Waals surface area (Å²) in [5.74, 6) is -0.464. The number of rotatable bonds is 1. The van der Waals surface area contributed by atoms with E-state index < -0.39 is 12.0 Å². The van der Waals surface area contributed by atoms with E-state index in [1.54, 1.807) is 0 Å². The van der Waals surface area contributed by atoms with Gasteiger partial charge < -0.3 is 4.98 Å². The van der Waals surface area contributed by atoms with Crippen LogP contribution >= 0.6 is 0 Å². The molecular weight excluding hydrogens is 221 g/mol. The largest absolute Gasteiger partial charge is 0.451 e. The van der Waals surface area contributed by atoms with Crippen molar-refractivity contribution in [2.24, 2.45) is 0 Å². The number of aromatic nitrogens is 4. The number of fused-ring (bicyclic) bond motifs is 1. The molecule has 1 N–H and O–H groups in total. The molecule has 0 radical (unpaired) electrons. The maximum atomic E-state index is 12.3. The molecule has 2 aromatic rings. The smallest absolute Gasteiger partial charge is 0.339 e. The van der Waals surface area contributed by atoms with Crippen molar-refractivity contribution in [3.05, 3.63) is 17.8 Å². The monoisotopic (exact) mass is 230 g/mol. The van der Waals surface area contributed by atoms with Crippen LogP contribution in [0.15, 0.2) is 6.20 Å². The Hall–Kier alpha value is -1.66. The molecule has 0 bridgehead atoms. The average Bonchev–Trinajstić information content (AvgIpc) is 2.58. The Bertz CT molecular complexity index is 515. The quantitative estimate of drug-likeness (QED) is 0.818. The highest BCUT2D eigenvalue weighted by atomic mass is 19.4. The van der Waals surface area contributed by atoms with E-state index in [1.807, 2.05) is 13.8 Å². The Morgan fingerprint density at radius 1 is 1.25 bits per heavy atom. The second-order valence-corrected chi connectivity index (χ2v) is 3.71. The van der Waals surface area contributed by atoms with Crippen molar-refractivity contribution in [1.82, 2.24) is 19.9 Å². The van der Waals surface area contributed by atoms with Gasteiger partial charge in [0.05, 0.1) is 6.20 Å². The minimum Gasteiger partial charge on any atom is -0.339 e. The molecule has 0 amide bonds. The molecule has 0 saturated heterocycles. The molecule has 0 fully saturated rings. The third kappa shape index (κ3) is 1.84. The molecule has 0 aromatic carbocycles. The van der Waals surface area contributed by atoms with Crippen molar-refractivity contribution in [2.45, 2.75) is 25.9 Å². The fourth-order valence-electron chi connectivity index (χ4n) is 1.24. The Kier molecular flexibility index (Phi) is 2.32. The number of imidazole rings is 1. The van der Waals surface area contributed by atoms with Crippen molar-refractivity contribution in [3.8, 4) is 0 Å². The van der Waals surface area contributed by atoms with E-state index in [2.05, 4.69) is 19.9 Å². The summed E-state index contributed by atoms with van der Waals surface area (Å²) in [6, 6.07) is 0. The molecule has 0 unspecified atom stereocenters. The maximum absolute atomic E-state index is 12.3. The molecule has 4 nitrogen and oxygen atoms in total. The van der Waals surface area contributed by atoms with Gasteiger partial charge in [0.15, 0.2) is 5.65 Å². The van der Waals surface area contributed by atoms with E-state index in [4.69, 9.17) is 0 Å². The van der Waals surface area contributed by atoms with Gasteiger partial charge in [-0.3, -0.25) is 0 Å². The van der Waals surface area contributed by atoms with Gasteiger partial charge >= 0.3 is 6.18 Å². The average molecular weight is 230 g/mol. The van der Waals surface area contributed by atoms with Crippen LogP contribution in [0, 0.1) is 0 Å². The van der Waals surface area contributed by atoms with Gasteiger partial charge in [-0.05, 0) is 0 Å². The van der Waals surface area contributed by atoms with Crippen LogP contribution in [-0.4, -0.2) is 19.9 Å². The summed E-state index contributed by atoms with van der Waals surface area (Å²) in [7, 11) is 0. The van der Waals surface area contributed by atoms with E-state index >= 15 is 0 Å². The van der Waals surface area contributed by atoms with Gasteiger partial charge in [-0.15, -0.1) is 0 Å². The first-order valence-corrected chi connectivity index (χ1v) is 4.68. The predicted molar refractivity (Wildman–Crippen MR) is 50.8 cm³/mol. The van der Waals surface area contributed by atoms with Crippen LogP contribution in [0.25, 0.3) is 11.2 Å². The zero-order valence-electron chi connectivity index (χ0n) is 8.63. The lowest BCUT2D eigenvalue weighted by Gasteiger charge is -2.02. The zero-order valence-corrected chi connectivity index (χ0v) is 8.63. The van der Waals surface area contributed by atoms with E-state index in [1.165, 1.54) is 0 Å². The molecule has 7 heteroatoms. The van der Waals surface area contributed by atoms with Gasteiger partial charge in [0, 0.05) is 5.92 Å². The van der Waals surface area contributed by atoms with Crippen LogP contribution in [0.3, 0.4) is 0 Å². The third-order valence-corrected chi connectivity index (χ3v) is 2.06. The van der Waals surface area contributed by atoms with Crippen molar-refractivity contribution in [3.63, 3.8) is 0 Å². The van der Waals surface area contributed by atoms with Gasteiger partial charge in [0.25, 0.3) is 0 Å². The molecular formula is C9H9F3N4. The molecule has 16 heavy (non-hydrogen) atoms. The van der Waals surface area contributed by atoms with Crippen molar-refractivity contribution in [2.75, 3.05) is 0 Å². The fraction of sp³-hybridized carbons (Fsp3) is 0.444. The summed E-state index contributed by atoms with van der Waals surface area (Å²) in [6.07, 6.45) is -3.44. The van der Waals surface area contributed by atoms with Gasteiger partial charge in [-0.25, -0.2) is 15.0 Å². The fourth-order valence-corrected chi connectivity index (χ4v) is 1.24. The minimum absolute atomic E-state index is 0.0472. The molecule has 0 atom stereocenters. The molecule has 0 saturated carbocycles. The number of halogens is 3. The van der Waals surface area contributed by atoms with E-state index in [0.717, 1.165) is 6.20 Å². The Labute approximate surface area is 88.9 Å². The Morgan fingerprint density at radius 2 is 1.94 bits per heavy atom. The number of nitrogens with one attached hydrogen (secondary N) is 1. The highest BCUT2D eigenvalue weighted by Crippen LogP contribution is 2.26. The van der Waals surface area contributed by atoms with Gasteiger partial charge in [-0.2, -0.15) is 13.2 Å². The number of nitrogens with zero attached hydrogens (tertiary/aromatic N) is 3. The van der Waals surface area contributed by atoms with Crippen molar-refractivity contribution < 1.29 is 13.2 Å².